The molecule has 0 saturated heterocycles. The smallest absolute Gasteiger partial charge is 0.251 e. The quantitative estimate of drug-likeness (QED) is 0.825. The second kappa shape index (κ2) is 6.13. The molecule has 0 saturated carbocycles. The number of nitrogens with one attached hydrogen (secondary N) is 1. The lowest BCUT2D eigenvalue weighted by molar-refractivity contribution is 0.0951. The minimum Gasteiger partial charge on any atom is -0.504 e. The van der Waals surface area contributed by atoms with Crippen LogP contribution in [0, 0.1) is 5.92 Å². The van der Waals surface area contributed by atoms with E-state index in [-0.39, 0.29) is 11.7 Å². The van der Waals surface area contributed by atoms with Crippen LogP contribution in [0.15, 0.2) is 18.2 Å². The maximum atomic E-state index is 11.7. The molecule has 0 spiro atoms. The number of rotatable bonds is 5. The predicted molar refractivity (Wildman–Crippen MR) is 66.4 cm³/mol. The first-order chi connectivity index (χ1) is 8.04. The third-order valence-corrected chi connectivity index (χ3v) is 2.45. The molecule has 1 aromatic carbocycles. The maximum absolute atomic E-state index is 11.7. The number of carbonyl (C=O) groups excluding carboxylic acids is 1. The Bertz CT molecular complexity index is 388. The van der Waals surface area contributed by atoms with E-state index in [0.717, 1.165) is 6.42 Å². The van der Waals surface area contributed by atoms with Gasteiger partial charge in [-0.3, -0.25) is 4.79 Å². The number of amides is 1. The lowest BCUT2D eigenvalue weighted by Gasteiger charge is -2.08. The first-order valence-electron chi connectivity index (χ1n) is 5.69. The number of phenolic OH excluding ortho intramolecular Hbond substituents is 1. The van der Waals surface area contributed by atoms with Crippen molar-refractivity contribution in [3.05, 3.63) is 23.8 Å². The summed E-state index contributed by atoms with van der Waals surface area (Å²) in [5.41, 5.74) is 0.437. The molecule has 0 aliphatic carbocycles. The zero-order chi connectivity index (χ0) is 12.8. The first-order valence-corrected chi connectivity index (χ1v) is 5.69. The lowest BCUT2D eigenvalue weighted by Crippen LogP contribution is -2.25. The highest BCUT2D eigenvalue weighted by Crippen LogP contribution is 2.26. The second-order valence-corrected chi connectivity index (χ2v) is 4.33. The molecule has 0 heterocycles. The van der Waals surface area contributed by atoms with Crippen LogP contribution in [0.25, 0.3) is 0 Å². The van der Waals surface area contributed by atoms with E-state index in [1.54, 1.807) is 12.1 Å². The number of ether oxygens (including phenoxy) is 1. The number of hydrogen-bond acceptors (Lipinski definition) is 3. The average molecular weight is 237 g/mol. The number of carbonyl (C=O) groups is 1. The van der Waals surface area contributed by atoms with Gasteiger partial charge in [0.05, 0.1) is 7.11 Å². The van der Waals surface area contributed by atoms with Crippen molar-refractivity contribution >= 4 is 5.91 Å². The second-order valence-electron chi connectivity index (χ2n) is 4.33. The Morgan fingerprint density at radius 1 is 1.47 bits per heavy atom. The molecule has 0 fully saturated rings. The number of aromatic hydroxyl groups is 1. The van der Waals surface area contributed by atoms with E-state index in [9.17, 15) is 9.90 Å². The Labute approximate surface area is 102 Å². The fourth-order valence-electron chi connectivity index (χ4n) is 1.41. The zero-order valence-corrected chi connectivity index (χ0v) is 10.5. The highest BCUT2D eigenvalue weighted by Gasteiger charge is 2.09. The van der Waals surface area contributed by atoms with Gasteiger partial charge in [0.1, 0.15) is 0 Å². The summed E-state index contributed by atoms with van der Waals surface area (Å²) in [6.45, 7) is 4.85. The standard InChI is InChI=1S/C13H19NO3/c1-9(2)6-7-14-13(16)10-4-5-12(17-3)11(15)8-10/h4-5,8-9,15H,6-7H2,1-3H3,(H,14,16). The lowest BCUT2D eigenvalue weighted by atomic mass is 10.1. The fourth-order valence-corrected chi connectivity index (χ4v) is 1.41. The van der Waals surface area contributed by atoms with Crippen LogP contribution in [0.4, 0.5) is 0 Å². The van der Waals surface area contributed by atoms with Gasteiger partial charge >= 0.3 is 0 Å². The SMILES string of the molecule is COc1ccc(C(=O)NCCC(C)C)cc1O. The highest BCUT2D eigenvalue weighted by atomic mass is 16.5. The fraction of sp³-hybridized carbons (Fsp3) is 0.462. The maximum Gasteiger partial charge on any atom is 0.251 e. The Morgan fingerprint density at radius 3 is 2.71 bits per heavy atom. The number of methoxy groups -OCH3 is 1. The molecule has 1 amide bonds. The molecule has 94 valence electrons. The van der Waals surface area contributed by atoms with Gasteiger partial charge in [-0.05, 0) is 30.5 Å². The third kappa shape index (κ3) is 3.98. The summed E-state index contributed by atoms with van der Waals surface area (Å²) in [5.74, 6) is 0.718. The Morgan fingerprint density at radius 2 is 2.18 bits per heavy atom. The van der Waals surface area contributed by atoms with Crippen LogP contribution in [-0.2, 0) is 0 Å². The first kappa shape index (κ1) is 13.4. The molecule has 4 heteroatoms. The molecular formula is C13H19NO3. The van der Waals surface area contributed by atoms with Gasteiger partial charge in [-0.1, -0.05) is 13.8 Å². The predicted octanol–water partition coefficient (Wildman–Crippen LogP) is 2.18. The molecule has 0 aliphatic rings. The van der Waals surface area contributed by atoms with E-state index in [4.69, 9.17) is 4.74 Å². The topological polar surface area (TPSA) is 58.6 Å². The number of hydrogen-bond donors (Lipinski definition) is 2. The van der Waals surface area contributed by atoms with Gasteiger partial charge in [0, 0.05) is 12.1 Å². The minimum atomic E-state index is -0.177. The van der Waals surface area contributed by atoms with Crippen LogP contribution in [0.3, 0.4) is 0 Å². The van der Waals surface area contributed by atoms with Crippen molar-refractivity contribution in [1.29, 1.82) is 0 Å². The molecule has 0 aromatic heterocycles. The van der Waals surface area contributed by atoms with Crippen LogP contribution >= 0.6 is 0 Å². The van der Waals surface area contributed by atoms with E-state index in [2.05, 4.69) is 19.2 Å². The van der Waals surface area contributed by atoms with Crippen molar-refractivity contribution in [1.82, 2.24) is 5.32 Å². The number of benzene rings is 1. The van der Waals surface area contributed by atoms with E-state index in [1.165, 1.54) is 13.2 Å². The van der Waals surface area contributed by atoms with Gasteiger partial charge in [-0.25, -0.2) is 0 Å². The number of phenols is 1. The summed E-state index contributed by atoms with van der Waals surface area (Å²) in [4.78, 5) is 11.7. The van der Waals surface area contributed by atoms with Crippen molar-refractivity contribution in [2.75, 3.05) is 13.7 Å². The van der Waals surface area contributed by atoms with Crippen molar-refractivity contribution in [3.63, 3.8) is 0 Å². The van der Waals surface area contributed by atoms with Crippen LogP contribution in [-0.4, -0.2) is 24.7 Å². The summed E-state index contributed by atoms with van der Waals surface area (Å²) >= 11 is 0. The average Bonchev–Trinajstić information content (AvgIpc) is 2.28. The van der Waals surface area contributed by atoms with Gasteiger partial charge in [-0.15, -0.1) is 0 Å². The third-order valence-electron chi connectivity index (χ3n) is 2.45. The Kier molecular flexibility index (Phi) is 4.82. The van der Waals surface area contributed by atoms with Crippen molar-refractivity contribution in [2.45, 2.75) is 20.3 Å². The molecule has 1 rings (SSSR count). The van der Waals surface area contributed by atoms with Crippen LogP contribution < -0.4 is 10.1 Å². The molecular weight excluding hydrogens is 218 g/mol. The summed E-state index contributed by atoms with van der Waals surface area (Å²) in [7, 11) is 1.47. The van der Waals surface area contributed by atoms with E-state index in [0.29, 0.717) is 23.8 Å². The summed E-state index contributed by atoms with van der Waals surface area (Å²) in [5, 5.41) is 12.4. The van der Waals surface area contributed by atoms with Crippen LogP contribution in [0.5, 0.6) is 11.5 Å². The molecule has 0 atom stereocenters. The van der Waals surface area contributed by atoms with Gasteiger partial charge in [-0.2, -0.15) is 0 Å². The van der Waals surface area contributed by atoms with Crippen molar-refractivity contribution < 1.29 is 14.6 Å². The van der Waals surface area contributed by atoms with E-state index < -0.39 is 0 Å². The zero-order valence-electron chi connectivity index (χ0n) is 10.5. The van der Waals surface area contributed by atoms with E-state index >= 15 is 0 Å². The van der Waals surface area contributed by atoms with E-state index in [1.807, 2.05) is 0 Å². The monoisotopic (exact) mass is 237 g/mol. The van der Waals surface area contributed by atoms with Crippen molar-refractivity contribution in [3.8, 4) is 11.5 Å². The minimum absolute atomic E-state index is 0.0241. The van der Waals surface area contributed by atoms with Crippen LogP contribution in [0.2, 0.25) is 0 Å². The largest absolute Gasteiger partial charge is 0.504 e. The molecule has 0 aliphatic heterocycles. The molecule has 2 N–H and O–H groups in total. The summed E-state index contributed by atoms with van der Waals surface area (Å²) in [6, 6.07) is 4.61. The highest BCUT2D eigenvalue weighted by molar-refractivity contribution is 5.94. The van der Waals surface area contributed by atoms with Gasteiger partial charge in [0.2, 0.25) is 0 Å². The molecule has 0 unspecified atom stereocenters. The molecule has 0 radical (unpaired) electrons. The van der Waals surface area contributed by atoms with Gasteiger partial charge in [0.15, 0.2) is 11.5 Å². The molecule has 1 aromatic rings. The van der Waals surface area contributed by atoms with Gasteiger partial charge < -0.3 is 15.2 Å². The molecule has 4 nitrogen and oxygen atoms in total. The Balaban J connectivity index is 2.60. The van der Waals surface area contributed by atoms with Gasteiger partial charge in [0.25, 0.3) is 5.91 Å². The van der Waals surface area contributed by atoms with Crippen LogP contribution in [0.1, 0.15) is 30.6 Å². The summed E-state index contributed by atoms with van der Waals surface area (Å²) in [6.07, 6.45) is 0.938. The molecule has 17 heavy (non-hydrogen) atoms. The normalized spacial score (nSPS) is 10.4. The molecule has 0 bridgehead atoms. The Hall–Kier alpha value is -1.71. The summed E-state index contributed by atoms with van der Waals surface area (Å²) < 4.78 is 4.91. The van der Waals surface area contributed by atoms with Crippen molar-refractivity contribution in [2.24, 2.45) is 5.92 Å².